The Balaban J connectivity index is 1.64. The number of hydrogen-bond acceptors (Lipinski definition) is 7. The van der Waals surface area contributed by atoms with Crippen LogP contribution in [-0.2, 0) is 14.3 Å². The highest BCUT2D eigenvalue weighted by molar-refractivity contribution is 7.99. The number of aromatic nitrogens is 2. The van der Waals surface area contributed by atoms with Crippen molar-refractivity contribution in [2.24, 2.45) is 5.92 Å². The first kappa shape index (κ1) is 31.9. The number of ether oxygens (including phenoxy) is 2. The van der Waals surface area contributed by atoms with E-state index in [4.69, 9.17) is 37.7 Å². The van der Waals surface area contributed by atoms with Crippen molar-refractivity contribution in [3.63, 3.8) is 0 Å². The molecular weight excluding hydrogens is 619 g/mol. The minimum Gasteiger partial charge on any atom is -0.469 e. The number of rotatable bonds is 8. The highest BCUT2D eigenvalue weighted by atomic mass is 35.5. The van der Waals surface area contributed by atoms with Gasteiger partial charge in [0.1, 0.15) is 16.9 Å². The van der Waals surface area contributed by atoms with Gasteiger partial charge in [0.05, 0.1) is 40.7 Å². The van der Waals surface area contributed by atoms with Gasteiger partial charge in [-0.05, 0) is 63.3 Å². The Morgan fingerprint density at radius 2 is 1.79 bits per heavy atom. The molecule has 2 fully saturated rings. The molecule has 0 spiro atoms. The number of anilines is 1. The molecule has 0 radical (unpaired) electrons. The SMILES string of the molecule is COC(=O)CC(c1ccc(SCC2CC2)cc1)c1nc2cc(Cl)c(N3CCC(F)(F)CC3)c(Cl)c2n1C(=O)OC(C)(C)C. The number of benzene rings is 2. The number of methoxy groups -OCH3 is 1. The molecule has 1 unspecified atom stereocenters. The van der Waals surface area contributed by atoms with Gasteiger partial charge in [-0.1, -0.05) is 35.3 Å². The Kier molecular flexibility index (Phi) is 9.22. The van der Waals surface area contributed by atoms with E-state index in [-0.39, 0.29) is 53.7 Å². The topological polar surface area (TPSA) is 73.7 Å². The minimum absolute atomic E-state index is 0.0431. The van der Waals surface area contributed by atoms with Gasteiger partial charge in [0.25, 0.3) is 5.92 Å². The zero-order valence-electron chi connectivity index (χ0n) is 24.6. The van der Waals surface area contributed by atoms with Crippen molar-refractivity contribution in [2.75, 3.05) is 30.9 Å². The lowest BCUT2D eigenvalue weighted by molar-refractivity contribution is -0.140. The standard InChI is InChI=1S/C31H35Cl2F2N3O4S/c1-30(2,3)42-29(40)38-27-23(16-22(32)26(25(27)33)37-13-11-31(34,35)12-14-37)36-28(38)21(15-24(39)41-4)19-7-9-20(10-8-19)43-17-18-5-6-18/h7-10,16,18,21H,5-6,11-15,17H2,1-4H3. The van der Waals surface area contributed by atoms with Gasteiger partial charge in [-0.25, -0.2) is 23.1 Å². The van der Waals surface area contributed by atoms with Crippen LogP contribution in [0.5, 0.6) is 0 Å². The number of hydrogen-bond donors (Lipinski definition) is 0. The first-order valence-electron chi connectivity index (χ1n) is 14.3. The van der Waals surface area contributed by atoms with Crippen LogP contribution in [0.1, 0.15) is 70.2 Å². The molecule has 1 aliphatic heterocycles. The number of nitrogens with zero attached hydrogens (tertiary/aromatic N) is 3. The second-order valence-corrected chi connectivity index (χ2v) is 14.1. The largest absolute Gasteiger partial charge is 0.469 e. The van der Waals surface area contributed by atoms with Crippen molar-refractivity contribution in [3.05, 3.63) is 51.8 Å². The van der Waals surface area contributed by atoms with E-state index in [0.29, 0.717) is 11.2 Å². The van der Waals surface area contributed by atoms with Crippen LogP contribution in [0.2, 0.25) is 10.0 Å². The maximum Gasteiger partial charge on any atom is 0.420 e. The molecule has 0 N–H and O–H groups in total. The molecule has 1 aromatic heterocycles. The maximum absolute atomic E-state index is 14.0. The first-order chi connectivity index (χ1) is 20.3. The predicted molar refractivity (Wildman–Crippen MR) is 166 cm³/mol. The third-order valence-corrected chi connectivity index (χ3v) is 9.49. The number of halogens is 4. The average molecular weight is 655 g/mol. The Hall–Kier alpha value is -2.56. The van der Waals surface area contributed by atoms with Gasteiger partial charge < -0.3 is 14.4 Å². The summed E-state index contributed by atoms with van der Waals surface area (Å²) in [5, 5.41) is 0.325. The lowest BCUT2D eigenvalue weighted by atomic mass is 9.95. The van der Waals surface area contributed by atoms with Gasteiger partial charge in [0, 0.05) is 36.6 Å². The van der Waals surface area contributed by atoms with Crippen LogP contribution in [0.3, 0.4) is 0 Å². The number of alkyl halides is 2. The number of carbonyl (C=O) groups is 2. The molecule has 0 amide bonds. The number of esters is 1. The Morgan fingerprint density at radius 1 is 1.14 bits per heavy atom. The van der Waals surface area contributed by atoms with E-state index in [0.717, 1.165) is 22.1 Å². The smallest absolute Gasteiger partial charge is 0.420 e. The summed E-state index contributed by atoms with van der Waals surface area (Å²) in [7, 11) is 1.30. The zero-order valence-corrected chi connectivity index (χ0v) is 26.9. The molecule has 1 atom stereocenters. The molecule has 43 heavy (non-hydrogen) atoms. The highest BCUT2D eigenvalue weighted by Gasteiger charge is 2.37. The van der Waals surface area contributed by atoms with E-state index in [1.165, 1.54) is 24.5 Å². The minimum atomic E-state index is -2.77. The quantitative estimate of drug-likeness (QED) is 0.178. The number of piperidine rings is 1. The summed E-state index contributed by atoms with van der Waals surface area (Å²) in [6.45, 7) is 5.31. The summed E-state index contributed by atoms with van der Waals surface area (Å²) in [5.41, 5.74) is 0.789. The molecule has 2 heterocycles. The highest BCUT2D eigenvalue weighted by Crippen LogP contribution is 2.44. The molecular formula is C31H35Cl2F2N3O4S. The van der Waals surface area contributed by atoms with Gasteiger partial charge in [-0.2, -0.15) is 0 Å². The predicted octanol–water partition coefficient (Wildman–Crippen LogP) is 8.56. The Morgan fingerprint density at radius 3 is 2.37 bits per heavy atom. The summed E-state index contributed by atoms with van der Waals surface area (Å²) < 4.78 is 40.0. The van der Waals surface area contributed by atoms with Crippen molar-refractivity contribution in [2.45, 2.75) is 75.2 Å². The second-order valence-electron chi connectivity index (χ2n) is 12.2. The first-order valence-corrected chi connectivity index (χ1v) is 16.1. The summed E-state index contributed by atoms with van der Waals surface area (Å²) in [6.07, 6.45) is 1.01. The van der Waals surface area contributed by atoms with Crippen LogP contribution in [0, 0.1) is 5.92 Å². The van der Waals surface area contributed by atoms with Crippen molar-refractivity contribution >= 4 is 63.7 Å². The molecule has 0 bridgehead atoms. The fourth-order valence-corrected chi connectivity index (χ4v) is 7.01. The van der Waals surface area contributed by atoms with Crippen molar-refractivity contribution in [1.29, 1.82) is 0 Å². The van der Waals surface area contributed by atoms with Gasteiger partial charge in [0.2, 0.25) is 0 Å². The molecule has 3 aromatic rings. The molecule has 12 heteroatoms. The monoisotopic (exact) mass is 653 g/mol. The Labute approximate surface area is 264 Å². The van der Waals surface area contributed by atoms with E-state index in [1.807, 2.05) is 24.3 Å². The van der Waals surface area contributed by atoms with Crippen LogP contribution in [0.25, 0.3) is 11.0 Å². The lowest BCUT2D eigenvalue weighted by Gasteiger charge is -2.34. The van der Waals surface area contributed by atoms with Gasteiger partial charge in [0.15, 0.2) is 0 Å². The number of carbonyl (C=O) groups excluding carboxylic acids is 2. The second kappa shape index (κ2) is 12.4. The normalized spacial score (nSPS) is 17.6. The van der Waals surface area contributed by atoms with Gasteiger partial charge in [-0.15, -0.1) is 11.8 Å². The number of thioether (sulfide) groups is 1. The molecule has 1 saturated heterocycles. The molecule has 1 aliphatic carbocycles. The Bertz CT molecular complexity index is 1510. The summed E-state index contributed by atoms with van der Waals surface area (Å²) in [6, 6.07) is 9.43. The van der Waals surface area contributed by atoms with E-state index in [2.05, 4.69) is 0 Å². The lowest BCUT2D eigenvalue weighted by Crippen LogP contribution is -2.39. The van der Waals surface area contributed by atoms with Gasteiger partial charge >= 0.3 is 12.1 Å². The van der Waals surface area contributed by atoms with E-state index < -0.39 is 29.5 Å². The fraction of sp³-hybridized carbons (Fsp3) is 0.516. The third-order valence-electron chi connectivity index (χ3n) is 7.60. The van der Waals surface area contributed by atoms with E-state index in [9.17, 15) is 18.4 Å². The summed E-state index contributed by atoms with van der Waals surface area (Å²) in [4.78, 5) is 34.1. The van der Waals surface area contributed by atoms with Gasteiger partial charge in [-0.3, -0.25) is 4.79 Å². The molecule has 2 aliphatic rings. The number of imidazole rings is 1. The van der Waals surface area contributed by atoms with Crippen LogP contribution in [0.4, 0.5) is 19.3 Å². The van der Waals surface area contributed by atoms with Crippen LogP contribution in [0.15, 0.2) is 35.2 Å². The number of fused-ring (bicyclic) bond motifs is 1. The van der Waals surface area contributed by atoms with E-state index >= 15 is 0 Å². The van der Waals surface area contributed by atoms with Crippen LogP contribution in [-0.4, -0.2) is 59.1 Å². The van der Waals surface area contributed by atoms with Crippen molar-refractivity contribution < 1.29 is 27.8 Å². The average Bonchev–Trinajstić information content (AvgIpc) is 3.69. The fourth-order valence-electron chi connectivity index (χ4n) is 5.15. The summed E-state index contributed by atoms with van der Waals surface area (Å²) >= 11 is 15.5. The van der Waals surface area contributed by atoms with Crippen molar-refractivity contribution in [1.82, 2.24) is 9.55 Å². The third kappa shape index (κ3) is 7.40. The summed E-state index contributed by atoms with van der Waals surface area (Å²) in [5.74, 6) is -1.88. The van der Waals surface area contributed by atoms with E-state index in [1.54, 1.807) is 43.5 Å². The zero-order chi connectivity index (χ0) is 31.1. The molecule has 2 aromatic carbocycles. The molecule has 1 saturated carbocycles. The maximum atomic E-state index is 14.0. The van der Waals surface area contributed by atoms with Crippen LogP contribution >= 0.6 is 35.0 Å². The molecule has 5 rings (SSSR count). The van der Waals surface area contributed by atoms with Crippen molar-refractivity contribution in [3.8, 4) is 0 Å². The molecule has 232 valence electrons. The van der Waals surface area contributed by atoms with Crippen LogP contribution < -0.4 is 4.90 Å². The molecule has 7 nitrogen and oxygen atoms in total.